The SMILES string of the molecule is CC(=O)N1CCN(C2CCC2)CC1.CNC(=O)c1ccc2c(c1)CN(C)CC2. The van der Waals surface area contributed by atoms with Crippen LogP contribution in [0.2, 0.25) is 0 Å². The number of rotatable bonds is 2. The Kier molecular flexibility index (Phi) is 7.08. The molecule has 1 aromatic carbocycles. The topological polar surface area (TPSA) is 55.9 Å². The quantitative estimate of drug-likeness (QED) is 0.841. The predicted octanol–water partition coefficient (Wildman–Crippen LogP) is 1.74. The number of carbonyl (C=O) groups is 2. The molecular formula is C22H34N4O2. The first-order valence-corrected chi connectivity index (χ1v) is 10.5. The third kappa shape index (κ3) is 5.11. The summed E-state index contributed by atoms with van der Waals surface area (Å²) in [6.45, 7) is 7.76. The monoisotopic (exact) mass is 386 g/mol. The van der Waals surface area contributed by atoms with E-state index < -0.39 is 0 Å². The first-order chi connectivity index (χ1) is 13.5. The van der Waals surface area contributed by atoms with Crippen LogP contribution in [0.1, 0.15) is 47.7 Å². The Balaban J connectivity index is 0.000000162. The molecule has 1 aliphatic carbocycles. The van der Waals surface area contributed by atoms with Crippen LogP contribution in [-0.4, -0.2) is 79.4 Å². The molecule has 2 amide bonds. The molecule has 0 aromatic heterocycles. The number of hydrogen-bond donors (Lipinski definition) is 1. The van der Waals surface area contributed by atoms with Crippen LogP contribution >= 0.6 is 0 Å². The summed E-state index contributed by atoms with van der Waals surface area (Å²) in [5.74, 6) is 0.222. The van der Waals surface area contributed by atoms with E-state index in [1.165, 1.54) is 30.4 Å². The molecule has 0 unspecified atom stereocenters. The molecule has 1 saturated carbocycles. The normalized spacial score (nSPS) is 20.5. The second-order valence-electron chi connectivity index (χ2n) is 8.18. The second kappa shape index (κ2) is 9.52. The Morgan fingerprint density at radius 1 is 1.04 bits per heavy atom. The van der Waals surface area contributed by atoms with Crippen molar-refractivity contribution in [2.75, 3.05) is 46.8 Å². The Labute approximate surface area is 168 Å². The fourth-order valence-electron chi connectivity index (χ4n) is 4.14. The van der Waals surface area contributed by atoms with E-state index in [1.807, 2.05) is 17.0 Å². The number of piperazine rings is 1. The van der Waals surface area contributed by atoms with Crippen LogP contribution in [0, 0.1) is 0 Å². The number of fused-ring (bicyclic) bond motifs is 1. The van der Waals surface area contributed by atoms with E-state index in [2.05, 4.69) is 28.2 Å². The van der Waals surface area contributed by atoms with E-state index in [-0.39, 0.29) is 11.8 Å². The van der Waals surface area contributed by atoms with Crippen molar-refractivity contribution in [2.45, 2.75) is 45.2 Å². The number of hydrogen-bond acceptors (Lipinski definition) is 4. The van der Waals surface area contributed by atoms with Crippen LogP contribution in [0.3, 0.4) is 0 Å². The fourth-order valence-corrected chi connectivity index (χ4v) is 4.14. The Hall–Kier alpha value is -1.92. The minimum absolute atomic E-state index is 0.00831. The molecule has 0 bridgehead atoms. The van der Waals surface area contributed by atoms with Gasteiger partial charge in [-0.05, 0) is 49.6 Å². The number of carbonyl (C=O) groups excluding carboxylic acids is 2. The number of amides is 2. The van der Waals surface area contributed by atoms with E-state index in [0.717, 1.165) is 57.3 Å². The van der Waals surface area contributed by atoms with Gasteiger partial charge in [0.2, 0.25) is 5.91 Å². The third-order valence-electron chi connectivity index (χ3n) is 6.25. The summed E-state index contributed by atoms with van der Waals surface area (Å²) in [5.41, 5.74) is 3.41. The van der Waals surface area contributed by atoms with Gasteiger partial charge in [-0.25, -0.2) is 0 Å². The molecule has 0 atom stereocenters. The van der Waals surface area contributed by atoms with Crippen molar-refractivity contribution in [3.05, 3.63) is 34.9 Å². The lowest BCUT2D eigenvalue weighted by Crippen LogP contribution is -2.53. The van der Waals surface area contributed by atoms with E-state index >= 15 is 0 Å². The van der Waals surface area contributed by atoms with Crippen molar-refractivity contribution in [2.24, 2.45) is 0 Å². The summed E-state index contributed by atoms with van der Waals surface area (Å²) in [4.78, 5) is 29.3. The van der Waals surface area contributed by atoms with E-state index in [4.69, 9.17) is 0 Å². The minimum atomic E-state index is -0.00831. The second-order valence-corrected chi connectivity index (χ2v) is 8.18. The Morgan fingerprint density at radius 2 is 1.75 bits per heavy atom. The maximum atomic E-state index is 11.5. The maximum absolute atomic E-state index is 11.5. The molecule has 4 rings (SSSR count). The molecular weight excluding hydrogens is 352 g/mol. The summed E-state index contributed by atoms with van der Waals surface area (Å²) >= 11 is 0. The van der Waals surface area contributed by atoms with Crippen LogP contribution in [0.4, 0.5) is 0 Å². The Morgan fingerprint density at radius 3 is 2.32 bits per heavy atom. The van der Waals surface area contributed by atoms with Crippen LogP contribution in [0.15, 0.2) is 18.2 Å². The van der Waals surface area contributed by atoms with E-state index in [9.17, 15) is 9.59 Å². The van der Waals surface area contributed by atoms with Gasteiger partial charge in [-0.15, -0.1) is 0 Å². The predicted molar refractivity (Wildman–Crippen MR) is 111 cm³/mol. The zero-order valence-corrected chi connectivity index (χ0v) is 17.5. The zero-order chi connectivity index (χ0) is 20.1. The number of benzene rings is 1. The van der Waals surface area contributed by atoms with Crippen molar-refractivity contribution in [3.63, 3.8) is 0 Å². The summed E-state index contributed by atoms with van der Waals surface area (Å²) in [7, 11) is 3.77. The highest BCUT2D eigenvalue weighted by Crippen LogP contribution is 2.25. The Bertz CT molecular complexity index is 694. The van der Waals surface area contributed by atoms with Gasteiger partial charge in [0.25, 0.3) is 5.91 Å². The van der Waals surface area contributed by atoms with Crippen molar-refractivity contribution < 1.29 is 9.59 Å². The highest BCUT2D eigenvalue weighted by molar-refractivity contribution is 5.94. The van der Waals surface area contributed by atoms with Crippen molar-refractivity contribution >= 4 is 11.8 Å². The molecule has 2 aliphatic heterocycles. The molecule has 2 heterocycles. The van der Waals surface area contributed by atoms with Gasteiger partial charge in [0.05, 0.1) is 0 Å². The van der Waals surface area contributed by atoms with Crippen LogP contribution in [0.25, 0.3) is 0 Å². The van der Waals surface area contributed by atoms with Gasteiger partial charge in [0.1, 0.15) is 0 Å². The smallest absolute Gasteiger partial charge is 0.251 e. The molecule has 3 aliphatic rings. The van der Waals surface area contributed by atoms with E-state index in [1.54, 1.807) is 14.0 Å². The van der Waals surface area contributed by atoms with Gasteiger partial charge in [-0.2, -0.15) is 0 Å². The highest BCUT2D eigenvalue weighted by Gasteiger charge is 2.28. The summed E-state index contributed by atoms with van der Waals surface area (Å²) in [6, 6.07) is 6.83. The molecule has 6 nitrogen and oxygen atoms in total. The molecule has 0 radical (unpaired) electrons. The lowest BCUT2D eigenvalue weighted by molar-refractivity contribution is -0.131. The summed E-state index contributed by atoms with van der Waals surface area (Å²) < 4.78 is 0. The minimum Gasteiger partial charge on any atom is -0.355 e. The lowest BCUT2D eigenvalue weighted by atomic mass is 9.91. The van der Waals surface area contributed by atoms with Gasteiger partial charge >= 0.3 is 0 Å². The largest absolute Gasteiger partial charge is 0.355 e. The molecule has 1 N–H and O–H groups in total. The first-order valence-electron chi connectivity index (χ1n) is 10.5. The van der Waals surface area contributed by atoms with Crippen molar-refractivity contribution in [3.8, 4) is 0 Å². The molecule has 2 fully saturated rings. The molecule has 0 spiro atoms. The van der Waals surface area contributed by atoms with Crippen LogP contribution in [0.5, 0.6) is 0 Å². The van der Waals surface area contributed by atoms with Gasteiger partial charge in [-0.1, -0.05) is 12.5 Å². The zero-order valence-electron chi connectivity index (χ0n) is 17.5. The first kappa shape index (κ1) is 20.8. The standard InChI is InChI=1S/C12H16N2O.C10H18N2O/c1-13-12(15)10-4-3-9-5-6-14(2)8-11(9)7-10;1-9(13)11-5-7-12(8-6-11)10-3-2-4-10/h3-4,7H,5-6,8H2,1-2H3,(H,13,15);10H,2-8H2,1H3. The molecule has 28 heavy (non-hydrogen) atoms. The molecule has 154 valence electrons. The number of likely N-dealkylation sites (N-methyl/N-ethyl adjacent to an activating group) is 1. The van der Waals surface area contributed by atoms with Gasteiger partial charge in [0.15, 0.2) is 0 Å². The molecule has 1 saturated heterocycles. The number of nitrogens with one attached hydrogen (secondary N) is 1. The molecule has 6 heteroatoms. The third-order valence-corrected chi connectivity index (χ3v) is 6.25. The van der Waals surface area contributed by atoms with Crippen molar-refractivity contribution in [1.29, 1.82) is 0 Å². The van der Waals surface area contributed by atoms with Gasteiger partial charge in [0, 0.05) is 64.8 Å². The number of nitrogens with zero attached hydrogens (tertiary/aromatic N) is 3. The summed E-state index contributed by atoms with van der Waals surface area (Å²) in [5, 5.41) is 2.65. The average Bonchev–Trinajstić information content (AvgIpc) is 2.66. The van der Waals surface area contributed by atoms with Crippen LogP contribution in [-0.2, 0) is 17.8 Å². The van der Waals surface area contributed by atoms with Crippen LogP contribution < -0.4 is 5.32 Å². The summed E-state index contributed by atoms with van der Waals surface area (Å²) in [6.07, 6.45) is 5.23. The van der Waals surface area contributed by atoms with Gasteiger partial charge < -0.3 is 15.1 Å². The molecule has 1 aromatic rings. The average molecular weight is 387 g/mol. The van der Waals surface area contributed by atoms with Crippen molar-refractivity contribution in [1.82, 2.24) is 20.0 Å². The van der Waals surface area contributed by atoms with Gasteiger partial charge in [-0.3, -0.25) is 14.5 Å². The lowest BCUT2D eigenvalue weighted by Gasteiger charge is -2.42. The fraction of sp³-hybridized carbons (Fsp3) is 0.636. The van der Waals surface area contributed by atoms with E-state index in [0.29, 0.717) is 0 Å². The maximum Gasteiger partial charge on any atom is 0.251 e. The highest BCUT2D eigenvalue weighted by atomic mass is 16.2.